The van der Waals surface area contributed by atoms with E-state index in [0.717, 1.165) is 11.1 Å². The Morgan fingerprint density at radius 3 is 2.39 bits per heavy atom. The molecule has 2 N–H and O–H groups in total. The average molecular weight is 479 g/mol. The minimum Gasteiger partial charge on any atom is -0.424 e. The van der Waals surface area contributed by atoms with Crippen LogP contribution in [-0.4, -0.2) is 21.8 Å². The van der Waals surface area contributed by atoms with Gasteiger partial charge in [-0.05, 0) is 67.4 Å². The van der Waals surface area contributed by atoms with Gasteiger partial charge in [0.25, 0.3) is 11.8 Å². The van der Waals surface area contributed by atoms with Crippen LogP contribution in [-0.2, 0) is 0 Å². The molecular weight excluding hydrogens is 460 g/mol. The maximum Gasteiger partial charge on any atom is 0.321 e. The van der Waals surface area contributed by atoms with Crippen molar-refractivity contribution in [2.75, 3.05) is 10.6 Å². The standard InChI is InChI=1S/C24H19ClN4O3S/c1-14-12-16(32-24-26-10-5-11-27-24)8-9-19(14)28-23(31)21-15(2)13-20(33-21)29-22(30)17-6-3-4-7-18(17)25/h3-13H,1-2H3,(H,28,31)(H,29,30). The van der Waals surface area contributed by atoms with E-state index in [0.29, 0.717) is 31.9 Å². The summed E-state index contributed by atoms with van der Waals surface area (Å²) in [5.41, 5.74) is 2.59. The Morgan fingerprint density at radius 2 is 1.67 bits per heavy atom. The van der Waals surface area contributed by atoms with E-state index >= 15 is 0 Å². The number of carbonyl (C=O) groups is 2. The van der Waals surface area contributed by atoms with Gasteiger partial charge in [0.15, 0.2) is 0 Å². The number of halogens is 1. The number of aryl methyl sites for hydroxylation is 2. The fraction of sp³-hybridized carbons (Fsp3) is 0.0833. The lowest BCUT2D eigenvalue weighted by atomic mass is 10.2. The fourth-order valence-electron chi connectivity index (χ4n) is 3.06. The average Bonchev–Trinajstić information content (AvgIpc) is 3.16. The smallest absolute Gasteiger partial charge is 0.321 e. The number of hydrogen-bond acceptors (Lipinski definition) is 6. The first-order chi connectivity index (χ1) is 15.9. The highest BCUT2D eigenvalue weighted by atomic mass is 35.5. The lowest BCUT2D eigenvalue weighted by Gasteiger charge is -2.10. The van der Waals surface area contributed by atoms with Crippen LogP contribution in [0.1, 0.15) is 31.2 Å². The number of nitrogens with zero attached hydrogens (tertiary/aromatic N) is 2. The van der Waals surface area contributed by atoms with Crippen LogP contribution in [0.2, 0.25) is 5.02 Å². The number of thiophene rings is 1. The highest BCUT2D eigenvalue weighted by Gasteiger charge is 2.17. The first-order valence-corrected chi connectivity index (χ1v) is 11.1. The summed E-state index contributed by atoms with van der Waals surface area (Å²) in [6, 6.07) is 15.8. The molecule has 2 heterocycles. The second-order valence-corrected chi connectivity index (χ2v) is 8.58. The van der Waals surface area contributed by atoms with Crippen molar-refractivity contribution >= 4 is 45.4 Å². The van der Waals surface area contributed by atoms with E-state index in [1.807, 2.05) is 13.8 Å². The molecule has 0 fully saturated rings. The van der Waals surface area contributed by atoms with Crippen LogP contribution in [0.15, 0.2) is 67.0 Å². The first kappa shape index (κ1) is 22.4. The number of hydrogen-bond donors (Lipinski definition) is 2. The van der Waals surface area contributed by atoms with Crippen molar-refractivity contribution in [1.29, 1.82) is 0 Å². The number of nitrogens with one attached hydrogen (secondary N) is 2. The van der Waals surface area contributed by atoms with Gasteiger partial charge in [0.1, 0.15) is 5.75 Å². The number of aromatic nitrogens is 2. The lowest BCUT2D eigenvalue weighted by molar-refractivity contribution is 0.102. The minimum atomic E-state index is -0.331. The van der Waals surface area contributed by atoms with Crippen molar-refractivity contribution in [2.24, 2.45) is 0 Å². The van der Waals surface area contributed by atoms with E-state index in [-0.39, 0.29) is 17.8 Å². The van der Waals surface area contributed by atoms with Crippen molar-refractivity contribution in [3.63, 3.8) is 0 Å². The molecule has 2 amide bonds. The molecule has 33 heavy (non-hydrogen) atoms. The normalized spacial score (nSPS) is 10.5. The van der Waals surface area contributed by atoms with Crippen molar-refractivity contribution in [1.82, 2.24) is 9.97 Å². The maximum absolute atomic E-state index is 12.9. The molecule has 166 valence electrons. The van der Waals surface area contributed by atoms with E-state index in [9.17, 15) is 9.59 Å². The zero-order valence-corrected chi connectivity index (χ0v) is 19.3. The molecule has 0 aliphatic heterocycles. The number of ether oxygens (including phenoxy) is 1. The number of rotatable bonds is 6. The van der Waals surface area contributed by atoms with Crippen LogP contribution in [0, 0.1) is 13.8 Å². The zero-order valence-electron chi connectivity index (χ0n) is 17.8. The van der Waals surface area contributed by atoms with E-state index < -0.39 is 0 Å². The van der Waals surface area contributed by atoms with Crippen LogP contribution in [0.3, 0.4) is 0 Å². The van der Waals surface area contributed by atoms with Gasteiger partial charge in [0, 0.05) is 18.1 Å². The Kier molecular flexibility index (Phi) is 6.67. The second kappa shape index (κ2) is 9.81. The van der Waals surface area contributed by atoms with Crippen molar-refractivity contribution in [3.8, 4) is 11.8 Å². The van der Waals surface area contributed by atoms with Crippen molar-refractivity contribution in [3.05, 3.63) is 93.6 Å². The quantitative estimate of drug-likeness (QED) is 0.349. The lowest BCUT2D eigenvalue weighted by Crippen LogP contribution is -2.12. The fourth-order valence-corrected chi connectivity index (χ4v) is 4.24. The van der Waals surface area contributed by atoms with Crippen LogP contribution < -0.4 is 15.4 Å². The number of benzene rings is 2. The summed E-state index contributed by atoms with van der Waals surface area (Å²) in [7, 11) is 0. The van der Waals surface area contributed by atoms with Gasteiger partial charge in [0.2, 0.25) is 0 Å². The predicted molar refractivity (Wildman–Crippen MR) is 130 cm³/mol. The van der Waals surface area contributed by atoms with E-state index in [2.05, 4.69) is 20.6 Å². The molecule has 2 aromatic heterocycles. The number of carbonyl (C=O) groups excluding carboxylic acids is 2. The topological polar surface area (TPSA) is 93.2 Å². The number of anilines is 2. The number of amides is 2. The van der Waals surface area contributed by atoms with Gasteiger partial charge >= 0.3 is 6.01 Å². The summed E-state index contributed by atoms with van der Waals surface area (Å²) in [5.74, 6) is -0.0323. The van der Waals surface area contributed by atoms with Gasteiger partial charge in [-0.1, -0.05) is 23.7 Å². The molecule has 0 aliphatic carbocycles. The molecule has 0 atom stereocenters. The van der Waals surface area contributed by atoms with Crippen LogP contribution >= 0.6 is 22.9 Å². The Labute approximate surface area is 199 Å². The molecular formula is C24H19ClN4O3S. The molecule has 0 aliphatic rings. The molecule has 4 rings (SSSR count). The molecule has 0 unspecified atom stereocenters. The molecule has 0 radical (unpaired) electrons. The Morgan fingerprint density at radius 1 is 0.909 bits per heavy atom. The molecule has 9 heteroatoms. The Hall–Kier alpha value is -3.75. The molecule has 7 nitrogen and oxygen atoms in total. The van der Waals surface area contributed by atoms with Crippen molar-refractivity contribution < 1.29 is 14.3 Å². The highest BCUT2D eigenvalue weighted by molar-refractivity contribution is 7.18. The largest absolute Gasteiger partial charge is 0.424 e. The van der Waals surface area contributed by atoms with Crippen LogP contribution in [0.25, 0.3) is 0 Å². The SMILES string of the molecule is Cc1cc(Oc2ncccn2)ccc1NC(=O)c1sc(NC(=O)c2ccccc2Cl)cc1C. The highest BCUT2D eigenvalue weighted by Crippen LogP contribution is 2.30. The van der Waals surface area contributed by atoms with Crippen LogP contribution in [0.4, 0.5) is 10.7 Å². The summed E-state index contributed by atoms with van der Waals surface area (Å²) in [6.45, 7) is 3.69. The molecule has 0 saturated carbocycles. The third-order valence-corrected chi connectivity index (χ3v) is 6.16. The summed E-state index contributed by atoms with van der Waals surface area (Å²) in [5, 5.41) is 6.65. The summed E-state index contributed by atoms with van der Waals surface area (Å²) in [4.78, 5) is 34.0. The van der Waals surface area contributed by atoms with Gasteiger partial charge in [-0.15, -0.1) is 11.3 Å². The molecule has 0 saturated heterocycles. The molecule has 4 aromatic rings. The Bertz CT molecular complexity index is 1320. The maximum atomic E-state index is 12.9. The molecule has 0 bridgehead atoms. The predicted octanol–water partition coefficient (Wildman–Crippen LogP) is 6.11. The third kappa shape index (κ3) is 5.36. The zero-order chi connectivity index (χ0) is 23.4. The van der Waals surface area contributed by atoms with E-state index in [1.54, 1.807) is 67.0 Å². The Balaban J connectivity index is 1.45. The molecule has 0 spiro atoms. The minimum absolute atomic E-state index is 0.245. The van der Waals surface area contributed by atoms with E-state index in [1.165, 1.54) is 11.3 Å². The summed E-state index contributed by atoms with van der Waals surface area (Å²) >= 11 is 7.29. The van der Waals surface area contributed by atoms with Gasteiger partial charge < -0.3 is 15.4 Å². The summed E-state index contributed by atoms with van der Waals surface area (Å²) in [6.07, 6.45) is 3.19. The third-order valence-electron chi connectivity index (χ3n) is 4.68. The first-order valence-electron chi connectivity index (χ1n) is 9.94. The van der Waals surface area contributed by atoms with Gasteiger partial charge in [-0.25, -0.2) is 9.97 Å². The van der Waals surface area contributed by atoms with Crippen LogP contribution in [0.5, 0.6) is 11.8 Å². The van der Waals surface area contributed by atoms with Gasteiger partial charge in [0.05, 0.1) is 20.5 Å². The van der Waals surface area contributed by atoms with Gasteiger partial charge in [-0.3, -0.25) is 9.59 Å². The van der Waals surface area contributed by atoms with Gasteiger partial charge in [-0.2, -0.15) is 0 Å². The monoisotopic (exact) mass is 478 g/mol. The van der Waals surface area contributed by atoms with Crippen molar-refractivity contribution in [2.45, 2.75) is 13.8 Å². The molecule has 2 aromatic carbocycles. The summed E-state index contributed by atoms with van der Waals surface area (Å²) < 4.78 is 5.63. The second-order valence-electron chi connectivity index (χ2n) is 7.12. The van der Waals surface area contributed by atoms with E-state index in [4.69, 9.17) is 16.3 Å².